The molecule has 18 heavy (non-hydrogen) atoms. The summed E-state index contributed by atoms with van der Waals surface area (Å²) in [5, 5.41) is 8.31. The summed E-state index contributed by atoms with van der Waals surface area (Å²) < 4.78 is 22.7. The number of anilines is 2. The number of rotatable bonds is 4. The molecule has 5 N–H and O–H groups in total. The van der Waals surface area contributed by atoms with Crippen LogP contribution < -0.4 is 16.2 Å². The van der Waals surface area contributed by atoms with Crippen LogP contribution in [0, 0.1) is 5.92 Å². The van der Waals surface area contributed by atoms with E-state index in [9.17, 15) is 8.42 Å². The van der Waals surface area contributed by atoms with Crippen molar-refractivity contribution in [2.24, 2.45) is 11.1 Å². The van der Waals surface area contributed by atoms with Gasteiger partial charge in [0.05, 0.1) is 11.4 Å². The summed E-state index contributed by atoms with van der Waals surface area (Å²) in [4.78, 5) is -0.0201. The smallest absolute Gasteiger partial charge is 0.240 e. The Balaban J connectivity index is 2.13. The van der Waals surface area contributed by atoms with E-state index in [-0.39, 0.29) is 10.6 Å². The Morgan fingerprint density at radius 3 is 2.83 bits per heavy atom. The summed E-state index contributed by atoms with van der Waals surface area (Å²) in [6, 6.07) is 4.83. The van der Waals surface area contributed by atoms with Crippen LogP contribution in [0.3, 0.4) is 0 Å². The Morgan fingerprint density at radius 2 is 2.22 bits per heavy atom. The van der Waals surface area contributed by atoms with Crippen LogP contribution in [-0.2, 0) is 10.0 Å². The van der Waals surface area contributed by atoms with Crippen LogP contribution in [0.25, 0.3) is 0 Å². The second-order valence-electron chi connectivity index (χ2n) is 4.37. The number of sulfonamides is 1. The van der Waals surface area contributed by atoms with Gasteiger partial charge < -0.3 is 11.1 Å². The van der Waals surface area contributed by atoms with Crippen LogP contribution in [0.5, 0.6) is 0 Å². The van der Waals surface area contributed by atoms with Gasteiger partial charge in [0.2, 0.25) is 10.0 Å². The molecule has 0 radical (unpaired) electrons. The van der Waals surface area contributed by atoms with Crippen molar-refractivity contribution in [3.8, 4) is 0 Å². The Hall–Kier alpha value is -0.920. The molecule has 5 nitrogen and oxygen atoms in total. The maximum atomic E-state index is 11.3. The molecule has 1 unspecified atom stereocenters. The van der Waals surface area contributed by atoms with Gasteiger partial charge in [-0.1, -0.05) is 6.07 Å². The van der Waals surface area contributed by atoms with Gasteiger partial charge in [0.25, 0.3) is 0 Å². The molecule has 7 heteroatoms. The second-order valence-corrected chi connectivity index (χ2v) is 7.05. The minimum atomic E-state index is -3.76. The number of hydrogen-bond donors (Lipinski definition) is 3. The van der Waals surface area contributed by atoms with Gasteiger partial charge in [-0.3, -0.25) is 0 Å². The Bertz CT molecular complexity index is 525. The summed E-state index contributed by atoms with van der Waals surface area (Å²) >= 11 is 1.94. The minimum absolute atomic E-state index is 0.0201. The number of para-hydroxylation sites is 1. The first-order valence-corrected chi connectivity index (χ1v) is 8.41. The number of benzene rings is 1. The van der Waals surface area contributed by atoms with Gasteiger partial charge in [-0.05, 0) is 36.0 Å². The van der Waals surface area contributed by atoms with E-state index in [1.165, 1.54) is 18.2 Å². The summed E-state index contributed by atoms with van der Waals surface area (Å²) in [7, 11) is -3.76. The molecule has 1 aliphatic rings. The lowest BCUT2D eigenvalue weighted by atomic mass is 10.1. The first kappa shape index (κ1) is 13.5. The SMILES string of the molecule is Nc1c(NCC2CCSC2)cccc1S(N)(=O)=O. The number of thioether (sulfide) groups is 1. The van der Waals surface area contributed by atoms with E-state index >= 15 is 0 Å². The molecule has 0 aliphatic carbocycles. The molecule has 1 saturated heterocycles. The Kier molecular flexibility index (Phi) is 4.04. The van der Waals surface area contributed by atoms with Gasteiger partial charge >= 0.3 is 0 Å². The quantitative estimate of drug-likeness (QED) is 0.720. The van der Waals surface area contributed by atoms with Crippen molar-refractivity contribution >= 4 is 33.2 Å². The van der Waals surface area contributed by atoms with Gasteiger partial charge in [-0.25, -0.2) is 13.6 Å². The number of nitrogens with one attached hydrogen (secondary N) is 1. The van der Waals surface area contributed by atoms with Crippen molar-refractivity contribution in [1.82, 2.24) is 0 Å². The van der Waals surface area contributed by atoms with Crippen LogP contribution >= 0.6 is 11.8 Å². The number of primary sulfonamides is 1. The maximum Gasteiger partial charge on any atom is 0.240 e. The fraction of sp³-hybridized carbons (Fsp3) is 0.455. The largest absolute Gasteiger partial charge is 0.396 e. The lowest BCUT2D eigenvalue weighted by Crippen LogP contribution is -2.17. The van der Waals surface area contributed by atoms with Gasteiger partial charge in [0, 0.05) is 6.54 Å². The molecule has 1 aromatic rings. The average Bonchev–Trinajstić information content (AvgIpc) is 2.79. The fourth-order valence-corrected chi connectivity index (χ4v) is 3.91. The van der Waals surface area contributed by atoms with Crippen molar-refractivity contribution in [3.05, 3.63) is 18.2 Å². The Morgan fingerprint density at radius 1 is 1.44 bits per heavy atom. The highest BCUT2D eigenvalue weighted by Gasteiger charge is 2.17. The normalized spacial score (nSPS) is 19.9. The van der Waals surface area contributed by atoms with E-state index in [4.69, 9.17) is 10.9 Å². The third kappa shape index (κ3) is 3.09. The first-order chi connectivity index (χ1) is 8.48. The maximum absolute atomic E-state index is 11.3. The molecule has 1 heterocycles. The van der Waals surface area contributed by atoms with Crippen molar-refractivity contribution in [2.75, 3.05) is 29.1 Å². The zero-order chi connectivity index (χ0) is 13.2. The van der Waals surface area contributed by atoms with E-state index in [2.05, 4.69) is 5.32 Å². The van der Waals surface area contributed by atoms with Crippen LogP contribution in [-0.4, -0.2) is 26.5 Å². The van der Waals surface area contributed by atoms with Crippen molar-refractivity contribution in [3.63, 3.8) is 0 Å². The molecule has 0 spiro atoms. The summed E-state index contributed by atoms with van der Waals surface area (Å²) in [6.07, 6.45) is 1.19. The predicted octanol–water partition coefficient (Wildman–Crippen LogP) is 1.08. The summed E-state index contributed by atoms with van der Waals surface area (Å²) in [5.41, 5.74) is 6.66. The van der Waals surface area contributed by atoms with Gasteiger partial charge in [0.15, 0.2) is 0 Å². The fourth-order valence-electron chi connectivity index (χ4n) is 1.94. The van der Waals surface area contributed by atoms with E-state index in [1.807, 2.05) is 11.8 Å². The van der Waals surface area contributed by atoms with Crippen molar-refractivity contribution in [2.45, 2.75) is 11.3 Å². The molecule has 100 valence electrons. The highest BCUT2D eigenvalue weighted by molar-refractivity contribution is 7.99. The highest BCUT2D eigenvalue weighted by Crippen LogP contribution is 2.28. The summed E-state index contributed by atoms with van der Waals surface area (Å²) in [5.74, 6) is 2.95. The molecule has 1 atom stereocenters. The molecule has 0 aromatic heterocycles. The molecule has 1 aliphatic heterocycles. The van der Waals surface area contributed by atoms with E-state index in [0.29, 0.717) is 11.6 Å². The second kappa shape index (κ2) is 5.38. The molecule has 1 aromatic carbocycles. The minimum Gasteiger partial charge on any atom is -0.396 e. The molecule has 0 amide bonds. The monoisotopic (exact) mass is 287 g/mol. The molecule has 2 rings (SSSR count). The van der Waals surface area contributed by atoms with Gasteiger partial charge in [0.1, 0.15) is 4.90 Å². The number of hydrogen-bond acceptors (Lipinski definition) is 5. The van der Waals surface area contributed by atoms with Crippen LogP contribution in [0.1, 0.15) is 6.42 Å². The topological polar surface area (TPSA) is 98.2 Å². The van der Waals surface area contributed by atoms with Crippen LogP contribution in [0.4, 0.5) is 11.4 Å². The van der Waals surface area contributed by atoms with Crippen molar-refractivity contribution < 1.29 is 8.42 Å². The van der Waals surface area contributed by atoms with E-state index < -0.39 is 10.0 Å². The molecule has 0 bridgehead atoms. The van der Waals surface area contributed by atoms with E-state index in [1.54, 1.807) is 12.1 Å². The van der Waals surface area contributed by atoms with Crippen LogP contribution in [0.15, 0.2) is 23.1 Å². The predicted molar refractivity (Wildman–Crippen MR) is 76.1 cm³/mol. The highest BCUT2D eigenvalue weighted by atomic mass is 32.2. The molecule has 0 saturated carbocycles. The number of nitrogens with two attached hydrogens (primary N) is 2. The molecule has 1 fully saturated rings. The number of nitrogen functional groups attached to an aromatic ring is 1. The van der Waals surface area contributed by atoms with Gasteiger partial charge in [-0.15, -0.1) is 0 Å². The third-order valence-electron chi connectivity index (χ3n) is 2.98. The van der Waals surface area contributed by atoms with Crippen molar-refractivity contribution in [1.29, 1.82) is 0 Å². The zero-order valence-electron chi connectivity index (χ0n) is 9.93. The molecular weight excluding hydrogens is 270 g/mol. The first-order valence-electron chi connectivity index (χ1n) is 5.71. The van der Waals surface area contributed by atoms with E-state index in [0.717, 1.165) is 12.3 Å². The standard InChI is InChI=1S/C11H17N3O2S2/c12-11-9(14-6-8-4-5-17-7-8)2-1-3-10(11)18(13,15)16/h1-3,8,14H,4-7,12H2,(H2,13,15,16). The average molecular weight is 287 g/mol. The summed E-state index contributed by atoms with van der Waals surface area (Å²) in [6.45, 7) is 0.811. The lowest BCUT2D eigenvalue weighted by molar-refractivity contribution is 0.598. The van der Waals surface area contributed by atoms with Crippen LogP contribution in [0.2, 0.25) is 0 Å². The molecular formula is C11H17N3O2S2. The Labute approximate surface area is 111 Å². The zero-order valence-corrected chi connectivity index (χ0v) is 11.6. The van der Waals surface area contributed by atoms with Gasteiger partial charge in [-0.2, -0.15) is 11.8 Å². The lowest BCUT2D eigenvalue weighted by Gasteiger charge is -2.14. The third-order valence-corrected chi connectivity index (χ3v) is 5.18.